The predicted octanol–water partition coefficient (Wildman–Crippen LogP) is 3.60. The smallest absolute Gasteiger partial charge is 0.410 e. The van der Waals surface area contributed by atoms with Crippen molar-refractivity contribution in [2.45, 2.75) is 92.0 Å². The standard InChI is InChI=1S/C10H19NO3.C10H17NO3.CH4/c2*1-10(2,3)14-9(13)11-6-4-8(12)5-7-11;/h8,12H,4-7H2,1-3H3;4-7H2,1-3H3;1H4/i2*6D2,7D2;. The zero-order valence-electron chi connectivity index (χ0n) is 25.3. The van der Waals surface area contributed by atoms with Crippen molar-refractivity contribution >= 4 is 18.0 Å². The van der Waals surface area contributed by atoms with Crippen molar-refractivity contribution in [2.24, 2.45) is 0 Å². The molecule has 29 heavy (non-hydrogen) atoms. The summed E-state index contributed by atoms with van der Waals surface area (Å²) < 4.78 is 71.3. The van der Waals surface area contributed by atoms with Crippen LogP contribution in [0.1, 0.15) is 85.6 Å². The first-order valence-electron chi connectivity index (χ1n) is 13.0. The lowest BCUT2D eigenvalue weighted by Gasteiger charge is -2.31. The number of aliphatic hydroxyl groups is 1. The largest absolute Gasteiger partial charge is 0.444 e. The second-order valence-electron chi connectivity index (χ2n) is 8.22. The quantitative estimate of drug-likeness (QED) is 0.638. The van der Waals surface area contributed by atoms with Crippen LogP contribution in [0.5, 0.6) is 0 Å². The molecule has 0 spiro atoms. The van der Waals surface area contributed by atoms with Crippen LogP contribution in [0.3, 0.4) is 0 Å². The number of amides is 2. The van der Waals surface area contributed by atoms with Crippen LogP contribution in [-0.4, -0.2) is 76.2 Å². The fraction of sp³-hybridized carbons (Fsp3) is 0.857. The van der Waals surface area contributed by atoms with E-state index in [0.717, 1.165) is 0 Å². The highest BCUT2D eigenvalue weighted by Gasteiger charge is 2.26. The molecule has 2 rings (SSSR count). The third kappa shape index (κ3) is 11.7. The van der Waals surface area contributed by atoms with Gasteiger partial charge in [0.1, 0.15) is 17.0 Å². The maximum atomic E-state index is 11.9. The molecule has 0 aromatic heterocycles. The van der Waals surface area contributed by atoms with E-state index in [2.05, 4.69) is 0 Å². The highest BCUT2D eigenvalue weighted by Crippen LogP contribution is 2.15. The van der Waals surface area contributed by atoms with Crippen LogP contribution in [-0.2, 0) is 14.3 Å². The van der Waals surface area contributed by atoms with E-state index in [1.165, 1.54) is 0 Å². The van der Waals surface area contributed by atoms with Gasteiger partial charge in [0, 0.05) is 49.8 Å². The number of piperidine rings is 2. The molecule has 2 aliphatic heterocycles. The van der Waals surface area contributed by atoms with Gasteiger partial charge >= 0.3 is 12.2 Å². The van der Waals surface area contributed by atoms with Crippen LogP contribution in [0.2, 0.25) is 0 Å². The van der Waals surface area contributed by atoms with E-state index < -0.39 is 74.1 Å². The first kappa shape index (κ1) is 15.9. The van der Waals surface area contributed by atoms with Crippen molar-refractivity contribution in [3.63, 3.8) is 0 Å². The Kier molecular flexibility index (Phi) is 6.25. The van der Waals surface area contributed by atoms with Crippen molar-refractivity contribution < 1.29 is 39.9 Å². The lowest BCUT2D eigenvalue weighted by molar-refractivity contribution is -0.121. The van der Waals surface area contributed by atoms with E-state index >= 15 is 0 Å². The Balaban J connectivity index is 0.000000682. The average Bonchev–Trinajstić information content (AvgIpc) is 2.44. The van der Waals surface area contributed by atoms with Gasteiger partial charge in [-0.25, -0.2) is 9.59 Å². The summed E-state index contributed by atoms with van der Waals surface area (Å²) >= 11 is 0. The van der Waals surface area contributed by atoms with E-state index in [9.17, 15) is 19.5 Å². The molecule has 2 amide bonds. The number of ketones is 1. The van der Waals surface area contributed by atoms with Gasteiger partial charge in [-0.05, 0) is 54.4 Å². The summed E-state index contributed by atoms with van der Waals surface area (Å²) in [6.07, 6.45) is -4.96. The Morgan fingerprint density at radius 3 is 1.59 bits per heavy atom. The fourth-order valence-electron chi connectivity index (χ4n) is 1.85. The predicted molar refractivity (Wildman–Crippen MR) is 112 cm³/mol. The maximum absolute atomic E-state index is 11.9. The van der Waals surface area contributed by atoms with Gasteiger partial charge in [-0.3, -0.25) is 4.79 Å². The number of rotatable bonds is 0. The van der Waals surface area contributed by atoms with Crippen LogP contribution in [0.15, 0.2) is 0 Å². The minimum absolute atomic E-state index is 0. The molecule has 0 atom stereocenters. The topological polar surface area (TPSA) is 96.4 Å². The maximum Gasteiger partial charge on any atom is 0.410 e. The summed E-state index contributed by atoms with van der Waals surface area (Å²) in [6, 6.07) is 0. The van der Waals surface area contributed by atoms with Gasteiger partial charge in [-0.1, -0.05) is 7.43 Å². The molecule has 0 aliphatic carbocycles. The number of hydrogen-bond acceptors (Lipinski definition) is 6. The van der Waals surface area contributed by atoms with Crippen molar-refractivity contribution in [3.8, 4) is 0 Å². The van der Waals surface area contributed by atoms with Gasteiger partial charge < -0.3 is 24.4 Å². The van der Waals surface area contributed by atoms with E-state index in [4.69, 9.17) is 20.4 Å². The first-order valence-corrected chi connectivity index (χ1v) is 8.97. The zero-order chi connectivity index (χ0) is 28.7. The normalized spacial score (nSPS) is 29.3. The van der Waals surface area contributed by atoms with Crippen LogP contribution in [0, 0.1) is 0 Å². The number of aliphatic hydroxyl groups excluding tert-OH is 1. The molecule has 2 aliphatic rings. The second-order valence-corrected chi connectivity index (χ2v) is 8.22. The molecule has 2 fully saturated rings. The second kappa shape index (κ2) is 11.4. The van der Waals surface area contributed by atoms with Gasteiger partial charge in [-0.15, -0.1) is 0 Å². The van der Waals surface area contributed by atoms with Crippen molar-refractivity contribution in [3.05, 3.63) is 0 Å². The summed E-state index contributed by atoms with van der Waals surface area (Å²) in [5, 5.41) is 9.45. The van der Waals surface area contributed by atoms with E-state index in [-0.39, 0.29) is 20.3 Å². The molecule has 0 bridgehead atoms. The lowest BCUT2D eigenvalue weighted by atomic mass is 10.1. The molecular formula is C21H40N2O6. The van der Waals surface area contributed by atoms with Crippen molar-refractivity contribution in [2.75, 3.05) is 26.0 Å². The van der Waals surface area contributed by atoms with Crippen molar-refractivity contribution in [1.29, 1.82) is 0 Å². The Bertz CT molecular complexity index is 817. The summed E-state index contributed by atoms with van der Waals surface area (Å²) in [7, 11) is 0. The summed E-state index contributed by atoms with van der Waals surface area (Å²) in [6.45, 7) is 0.370. The van der Waals surface area contributed by atoms with E-state index in [0.29, 0.717) is 9.80 Å². The fourth-order valence-corrected chi connectivity index (χ4v) is 1.85. The monoisotopic (exact) mass is 424 g/mol. The van der Waals surface area contributed by atoms with E-state index in [1.54, 1.807) is 41.5 Å². The van der Waals surface area contributed by atoms with Gasteiger partial charge in [0.15, 0.2) is 0 Å². The molecule has 0 radical (unpaired) electrons. The molecule has 0 saturated carbocycles. The van der Waals surface area contributed by atoms with Gasteiger partial charge in [0.2, 0.25) is 0 Å². The number of hydrogen-bond donors (Lipinski definition) is 1. The molecular weight excluding hydrogens is 376 g/mol. The third-order valence-corrected chi connectivity index (χ3v) is 2.99. The molecule has 0 aromatic rings. The number of likely N-dealkylation sites (tertiary alicyclic amines) is 2. The molecule has 0 unspecified atom stereocenters. The number of Topliss-reactive ketones (excluding diaryl/α,β-unsaturated/α-hetero) is 1. The molecule has 170 valence electrons. The molecule has 2 saturated heterocycles. The third-order valence-electron chi connectivity index (χ3n) is 2.99. The lowest BCUT2D eigenvalue weighted by Crippen LogP contribution is -2.42. The first-order chi connectivity index (χ1) is 15.7. The average molecular weight is 425 g/mol. The van der Waals surface area contributed by atoms with Gasteiger partial charge in [-0.2, -0.15) is 0 Å². The van der Waals surface area contributed by atoms with Crippen LogP contribution >= 0.6 is 0 Å². The number of carbonyl (C=O) groups is 3. The Labute approximate surface area is 186 Å². The van der Waals surface area contributed by atoms with Crippen LogP contribution in [0.4, 0.5) is 9.59 Å². The molecule has 0 aromatic carbocycles. The Hall–Kier alpha value is -1.83. The number of ether oxygens (including phenoxy) is 2. The molecule has 8 nitrogen and oxygen atoms in total. The summed E-state index contributed by atoms with van der Waals surface area (Å²) in [5.74, 6) is -0.551. The van der Waals surface area contributed by atoms with Gasteiger partial charge in [0.25, 0.3) is 0 Å². The van der Waals surface area contributed by atoms with Crippen molar-refractivity contribution in [1.82, 2.24) is 9.80 Å². The molecule has 8 heteroatoms. The Morgan fingerprint density at radius 2 is 1.24 bits per heavy atom. The highest BCUT2D eigenvalue weighted by atomic mass is 16.6. The van der Waals surface area contributed by atoms with Crippen LogP contribution < -0.4 is 0 Å². The Morgan fingerprint density at radius 1 is 0.897 bits per heavy atom. The molecule has 1 N–H and O–H groups in total. The molecule has 2 heterocycles. The van der Waals surface area contributed by atoms with Gasteiger partial charge in [0.05, 0.1) is 6.10 Å². The summed E-state index contributed by atoms with van der Waals surface area (Å²) in [4.78, 5) is 35.9. The zero-order valence-corrected chi connectivity index (χ0v) is 17.3. The highest BCUT2D eigenvalue weighted by molar-refractivity contribution is 5.81. The SMILES string of the molecule is C.[2H]C1([2H])CC(=O)CC([2H])([2H])N1C(=O)OC(C)(C)C.[2H]C1([2H])CC(O)CC([2H])([2H])N1C(=O)OC(C)(C)C. The number of nitrogens with zero attached hydrogens (tertiary/aromatic N) is 2. The minimum Gasteiger partial charge on any atom is -0.444 e. The number of carbonyl (C=O) groups excluding carboxylic acids is 3. The van der Waals surface area contributed by atoms with E-state index in [1.807, 2.05) is 0 Å². The summed E-state index contributed by atoms with van der Waals surface area (Å²) in [5.41, 5.74) is -1.69. The minimum atomic E-state index is -2.37. The van der Waals surface area contributed by atoms with Crippen LogP contribution in [0.25, 0.3) is 0 Å².